The molecule has 0 spiro atoms. The Morgan fingerprint density at radius 2 is 1.94 bits per heavy atom. The van der Waals surface area contributed by atoms with E-state index in [9.17, 15) is 9.59 Å². The number of anilines is 1. The van der Waals surface area contributed by atoms with Crippen molar-refractivity contribution >= 4 is 56.2 Å². The summed E-state index contributed by atoms with van der Waals surface area (Å²) < 4.78 is 7.66. The first-order valence-electron chi connectivity index (χ1n) is 10.9. The number of halogens is 2. The summed E-state index contributed by atoms with van der Waals surface area (Å²) in [5, 5.41) is 7.94. The lowest BCUT2D eigenvalue weighted by Crippen LogP contribution is -2.23. The van der Waals surface area contributed by atoms with Crippen LogP contribution in [0.25, 0.3) is 10.9 Å². The molecule has 0 aliphatic rings. The van der Waals surface area contributed by atoms with Gasteiger partial charge in [-0.3, -0.25) is 9.59 Å². The number of para-hydroxylation sites is 1. The summed E-state index contributed by atoms with van der Waals surface area (Å²) in [6.07, 6.45) is 1.54. The molecule has 0 aliphatic heterocycles. The maximum Gasteiger partial charge on any atom is 0.282 e. The quantitative estimate of drug-likeness (QED) is 0.292. The van der Waals surface area contributed by atoms with Gasteiger partial charge >= 0.3 is 0 Å². The highest BCUT2D eigenvalue weighted by Gasteiger charge is 2.14. The van der Waals surface area contributed by atoms with Crippen molar-refractivity contribution in [2.45, 2.75) is 19.8 Å². The number of benzene rings is 3. The Bertz CT molecular complexity index is 1470. The summed E-state index contributed by atoms with van der Waals surface area (Å²) in [5.74, 6) is 0.601. The van der Waals surface area contributed by atoms with Crippen molar-refractivity contribution in [3.05, 3.63) is 98.0 Å². The highest BCUT2D eigenvalue weighted by Crippen LogP contribution is 2.25. The van der Waals surface area contributed by atoms with Gasteiger partial charge in [-0.05, 0) is 54.1 Å². The van der Waals surface area contributed by atoms with Crippen molar-refractivity contribution in [2.24, 2.45) is 5.10 Å². The SMILES string of the molecule is CC(C)c1nc2ccc(Br)cc2c(=O)n1N=Cc1ccc(OCC(=O)Nc2ccccc2)c(Cl)c1. The van der Waals surface area contributed by atoms with Gasteiger partial charge in [0.2, 0.25) is 0 Å². The average molecular weight is 554 g/mol. The molecule has 1 amide bonds. The number of nitrogens with one attached hydrogen (secondary N) is 1. The lowest BCUT2D eigenvalue weighted by Gasteiger charge is -2.12. The van der Waals surface area contributed by atoms with E-state index < -0.39 is 0 Å². The summed E-state index contributed by atoms with van der Waals surface area (Å²) in [5.41, 5.74) is 1.71. The molecular formula is C26H22BrClN4O3. The van der Waals surface area contributed by atoms with Crippen molar-refractivity contribution in [3.63, 3.8) is 0 Å². The predicted molar refractivity (Wildman–Crippen MR) is 143 cm³/mol. The highest BCUT2D eigenvalue weighted by molar-refractivity contribution is 9.10. The second-order valence-electron chi connectivity index (χ2n) is 8.04. The van der Waals surface area contributed by atoms with Crippen LogP contribution in [0.1, 0.15) is 31.2 Å². The molecule has 35 heavy (non-hydrogen) atoms. The number of carbonyl (C=O) groups excluding carboxylic acids is 1. The third-order valence-corrected chi connectivity index (χ3v) is 5.83. The fraction of sp³-hybridized carbons (Fsp3) is 0.154. The lowest BCUT2D eigenvalue weighted by atomic mass is 10.2. The van der Waals surface area contributed by atoms with Crippen molar-refractivity contribution in [2.75, 3.05) is 11.9 Å². The van der Waals surface area contributed by atoms with Gasteiger partial charge in [-0.2, -0.15) is 9.78 Å². The number of rotatable bonds is 7. The topological polar surface area (TPSA) is 85.6 Å². The second kappa shape index (κ2) is 10.8. The molecule has 1 N–H and O–H groups in total. The Morgan fingerprint density at radius 1 is 1.17 bits per heavy atom. The van der Waals surface area contributed by atoms with E-state index in [2.05, 4.69) is 31.3 Å². The Kier molecular flexibility index (Phi) is 7.63. The Balaban J connectivity index is 1.52. The van der Waals surface area contributed by atoms with E-state index in [1.54, 1.807) is 42.5 Å². The normalized spacial score (nSPS) is 11.3. The largest absolute Gasteiger partial charge is 0.482 e. The van der Waals surface area contributed by atoms with E-state index >= 15 is 0 Å². The maximum atomic E-state index is 13.1. The van der Waals surface area contributed by atoms with Crippen molar-refractivity contribution < 1.29 is 9.53 Å². The minimum absolute atomic E-state index is 0.0192. The zero-order valence-corrected chi connectivity index (χ0v) is 21.4. The van der Waals surface area contributed by atoms with Crippen LogP contribution in [0.15, 0.2) is 81.1 Å². The molecule has 0 atom stereocenters. The molecule has 0 saturated heterocycles. The number of hydrogen-bond donors (Lipinski definition) is 1. The summed E-state index contributed by atoms with van der Waals surface area (Å²) in [6, 6.07) is 19.6. The van der Waals surface area contributed by atoms with Crippen LogP contribution >= 0.6 is 27.5 Å². The average Bonchev–Trinajstić information content (AvgIpc) is 2.83. The van der Waals surface area contributed by atoms with Gasteiger partial charge in [0.1, 0.15) is 11.6 Å². The van der Waals surface area contributed by atoms with Crippen LogP contribution < -0.4 is 15.6 Å². The summed E-state index contributed by atoms with van der Waals surface area (Å²) in [6.45, 7) is 3.72. The van der Waals surface area contributed by atoms with Gasteiger partial charge in [-0.1, -0.05) is 59.6 Å². The monoisotopic (exact) mass is 552 g/mol. The van der Waals surface area contributed by atoms with Crippen LogP contribution in [0, 0.1) is 0 Å². The smallest absolute Gasteiger partial charge is 0.282 e. The zero-order valence-electron chi connectivity index (χ0n) is 19.0. The van der Waals surface area contributed by atoms with E-state index in [4.69, 9.17) is 16.3 Å². The minimum atomic E-state index is -0.297. The zero-order chi connectivity index (χ0) is 24.9. The lowest BCUT2D eigenvalue weighted by molar-refractivity contribution is -0.118. The Labute approximate surface area is 215 Å². The minimum Gasteiger partial charge on any atom is -0.482 e. The fourth-order valence-corrected chi connectivity index (χ4v) is 3.96. The van der Waals surface area contributed by atoms with Gasteiger partial charge in [0, 0.05) is 16.1 Å². The van der Waals surface area contributed by atoms with Gasteiger partial charge in [0.05, 0.1) is 22.1 Å². The van der Waals surface area contributed by atoms with Gasteiger partial charge in [0.15, 0.2) is 6.61 Å². The van der Waals surface area contributed by atoms with Crippen LogP contribution in [-0.2, 0) is 4.79 Å². The molecule has 4 aromatic rings. The molecule has 0 fully saturated rings. The number of nitrogens with zero attached hydrogens (tertiary/aromatic N) is 3. The first-order chi connectivity index (χ1) is 16.8. The molecular weight excluding hydrogens is 532 g/mol. The number of ether oxygens (including phenoxy) is 1. The van der Waals surface area contributed by atoms with E-state index in [0.29, 0.717) is 38.8 Å². The van der Waals surface area contributed by atoms with Gasteiger partial charge in [-0.25, -0.2) is 4.98 Å². The Morgan fingerprint density at radius 3 is 2.66 bits per heavy atom. The Hall–Kier alpha value is -3.49. The van der Waals surface area contributed by atoms with Crippen LogP contribution in [0.2, 0.25) is 5.02 Å². The molecule has 4 rings (SSSR count). The molecule has 0 unspecified atom stereocenters. The van der Waals surface area contributed by atoms with E-state index in [1.807, 2.05) is 38.1 Å². The van der Waals surface area contributed by atoms with E-state index in [-0.39, 0.29) is 24.0 Å². The number of carbonyl (C=O) groups is 1. The molecule has 3 aromatic carbocycles. The summed E-state index contributed by atoms with van der Waals surface area (Å²) in [4.78, 5) is 29.9. The first-order valence-corrected chi connectivity index (χ1v) is 12.0. The predicted octanol–water partition coefficient (Wildman–Crippen LogP) is 5.84. The third kappa shape index (κ3) is 5.96. The molecule has 0 aliphatic carbocycles. The molecule has 7 nitrogen and oxygen atoms in total. The van der Waals surface area contributed by atoms with E-state index in [0.717, 1.165) is 4.47 Å². The molecule has 1 heterocycles. The van der Waals surface area contributed by atoms with Gasteiger partial charge in [0.25, 0.3) is 11.5 Å². The standard InChI is InChI=1S/C26H22BrClN4O3/c1-16(2)25-31-22-10-9-18(27)13-20(22)26(34)32(25)29-14-17-8-11-23(21(28)12-17)35-15-24(33)30-19-6-4-3-5-7-19/h3-14,16H,15H2,1-2H3,(H,30,33). The van der Waals surface area contributed by atoms with Crippen molar-refractivity contribution in [1.29, 1.82) is 0 Å². The van der Waals surface area contributed by atoms with Gasteiger partial charge in [-0.15, -0.1) is 0 Å². The maximum absolute atomic E-state index is 13.1. The third-order valence-electron chi connectivity index (χ3n) is 5.04. The first kappa shape index (κ1) is 24.6. The van der Waals surface area contributed by atoms with E-state index in [1.165, 1.54) is 10.9 Å². The van der Waals surface area contributed by atoms with Gasteiger partial charge < -0.3 is 10.1 Å². The molecule has 1 aromatic heterocycles. The van der Waals surface area contributed by atoms with Crippen LogP contribution in [0.5, 0.6) is 5.75 Å². The summed E-state index contributed by atoms with van der Waals surface area (Å²) >= 11 is 9.76. The number of hydrogen-bond acceptors (Lipinski definition) is 5. The number of aromatic nitrogens is 2. The summed E-state index contributed by atoms with van der Waals surface area (Å²) in [7, 11) is 0. The molecule has 9 heteroatoms. The number of amides is 1. The molecule has 178 valence electrons. The molecule has 0 bridgehead atoms. The fourth-order valence-electron chi connectivity index (χ4n) is 3.35. The molecule has 0 saturated carbocycles. The molecule has 0 radical (unpaired) electrons. The van der Waals surface area contributed by atoms with Crippen molar-refractivity contribution in [3.8, 4) is 5.75 Å². The van der Waals surface area contributed by atoms with Crippen LogP contribution in [0.3, 0.4) is 0 Å². The number of fused-ring (bicyclic) bond motifs is 1. The second-order valence-corrected chi connectivity index (χ2v) is 9.36. The highest BCUT2D eigenvalue weighted by atomic mass is 79.9. The van der Waals surface area contributed by atoms with Crippen LogP contribution in [-0.4, -0.2) is 28.4 Å². The van der Waals surface area contributed by atoms with Crippen LogP contribution in [0.4, 0.5) is 5.69 Å². The van der Waals surface area contributed by atoms with Crippen molar-refractivity contribution in [1.82, 2.24) is 9.66 Å².